The standard InChI is InChI=1S/C26H37N3O5S/c1-7-22(26(31)27-16-19(2)3)28(17-21-14-12-20(4)13-15-21)25(30)18-29(35(6,32)33)23-10-8-9-11-24(23)34-5/h8-15,19,22H,7,16-18H2,1-6H3,(H,27,31). The van der Waals surface area contributed by atoms with Crippen molar-refractivity contribution in [2.24, 2.45) is 5.92 Å². The predicted octanol–water partition coefficient (Wildman–Crippen LogP) is 3.35. The molecule has 0 saturated heterocycles. The number of ether oxygens (including phenoxy) is 1. The van der Waals surface area contributed by atoms with Gasteiger partial charge >= 0.3 is 0 Å². The quantitative estimate of drug-likeness (QED) is 0.479. The van der Waals surface area contributed by atoms with Gasteiger partial charge in [-0.05, 0) is 37.0 Å². The minimum absolute atomic E-state index is 0.177. The first-order valence-corrected chi connectivity index (χ1v) is 13.6. The summed E-state index contributed by atoms with van der Waals surface area (Å²) in [5.74, 6) is -0.153. The average Bonchev–Trinajstić information content (AvgIpc) is 2.81. The van der Waals surface area contributed by atoms with Crippen LogP contribution in [0.25, 0.3) is 0 Å². The molecule has 1 atom stereocenters. The van der Waals surface area contributed by atoms with E-state index in [0.717, 1.165) is 21.7 Å². The Balaban J connectivity index is 2.44. The minimum atomic E-state index is -3.83. The van der Waals surface area contributed by atoms with Crippen LogP contribution in [0.2, 0.25) is 0 Å². The number of hydrogen-bond acceptors (Lipinski definition) is 5. The van der Waals surface area contributed by atoms with E-state index in [2.05, 4.69) is 5.32 Å². The number of carbonyl (C=O) groups excluding carboxylic acids is 2. The van der Waals surface area contributed by atoms with E-state index in [4.69, 9.17) is 4.74 Å². The van der Waals surface area contributed by atoms with Crippen LogP contribution >= 0.6 is 0 Å². The normalized spacial score (nSPS) is 12.2. The number of benzene rings is 2. The molecule has 0 aliphatic heterocycles. The molecule has 2 rings (SSSR count). The minimum Gasteiger partial charge on any atom is -0.495 e. The van der Waals surface area contributed by atoms with Crippen LogP contribution < -0.4 is 14.4 Å². The van der Waals surface area contributed by atoms with Gasteiger partial charge in [0.1, 0.15) is 18.3 Å². The van der Waals surface area contributed by atoms with Gasteiger partial charge in [0.05, 0.1) is 19.1 Å². The molecule has 35 heavy (non-hydrogen) atoms. The summed E-state index contributed by atoms with van der Waals surface area (Å²) in [5, 5.41) is 2.91. The Labute approximate surface area is 209 Å². The van der Waals surface area contributed by atoms with Crippen molar-refractivity contribution in [1.82, 2.24) is 10.2 Å². The largest absolute Gasteiger partial charge is 0.495 e. The first-order valence-electron chi connectivity index (χ1n) is 11.7. The molecule has 2 amide bonds. The Morgan fingerprint density at radius 1 is 1.06 bits per heavy atom. The molecule has 8 nitrogen and oxygen atoms in total. The number of para-hydroxylation sites is 2. The van der Waals surface area contributed by atoms with Crippen LogP contribution in [0.3, 0.4) is 0 Å². The Morgan fingerprint density at radius 3 is 2.23 bits per heavy atom. The molecule has 0 saturated carbocycles. The van der Waals surface area contributed by atoms with Crippen LogP contribution in [-0.2, 0) is 26.2 Å². The molecule has 1 N–H and O–H groups in total. The molecule has 9 heteroatoms. The van der Waals surface area contributed by atoms with E-state index in [1.165, 1.54) is 12.0 Å². The second kappa shape index (κ2) is 12.6. The van der Waals surface area contributed by atoms with Crippen LogP contribution in [0.5, 0.6) is 5.75 Å². The highest BCUT2D eigenvalue weighted by Crippen LogP contribution is 2.29. The van der Waals surface area contributed by atoms with Crippen LogP contribution in [-0.4, -0.2) is 57.6 Å². The Bertz CT molecular complexity index is 1100. The number of rotatable bonds is 12. The number of sulfonamides is 1. The topological polar surface area (TPSA) is 96.0 Å². The molecule has 1 unspecified atom stereocenters. The molecule has 0 spiro atoms. The van der Waals surface area contributed by atoms with Crippen molar-refractivity contribution in [3.63, 3.8) is 0 Å². The number of nitrogens with one attached hydrogen (secondary N) is 1. The smallest absolute Gasteiger partial charge is 0.244 e. The monoisotopic (exact) mass is 503 g/mol. The lowest BCUT2D eigenvalue weighted by atomic mass is 10.1. The number of hydrogen-bond donors (Lipinski definition) is 1. The third-order valence-corrected chi connectivity index (χ3v) is 6.70. The van der Waals surface area contributed by atoms with Gasteiger partial charge in [0.25, 0.3) is 0 Å². The van der Waals surface area contributed by atoms with Gasteiger partial charge in [-0.2, -0.15) is 0 Å². The molecule has 0 radical (unpaired) electrons. The number of methoxy groups -OCH3 is 1. The second-order valence-corrected chi connectivity index (χ2v) is 10.9. The fourth-order valence-corrected chi connectivity index (χ4v) is 4.52. The summed E-state index contributed by atoms with van der Waals surface area (Å²) in [5.41, 5.74) is 2.19. The van der Waals surface area contributed by atoms with Gasteiger partial charge in [-0.25, -0.2) is 8.42 Å². The first-order chi connectivity index (χ1) is 16.5. The highest BCUT2D eigenvalue weighted by molar-refractivity contribution is 7.92. The third-order valence-electron chi connectivity index (χ3n) is 5.58. The maximum absolute atomic E-state index is 13.7. The molecular formula is C26H37N3O5S. The summed E-state index contributed by atoms with van der Waals surface area (Å²) in [6.07, 6.45) is 1.43. The van der Waals surface area contributed by atoms with E-state index in [9.17, 15) is 18.0 Å². The number of amides is 2. The number of anilines is 1. The fourth-order valence-electron chi connectivity index (χ4n) is 3.66. The van der Waals surface area contributed by atoms with Crippen LogP contribution in [0.15, 0.2) is 48.5 Å². The van der Waals surface area contributed by atoms with Crippen molar-refractivity contribution in [1.29, 1.82) is 0 Å². The van der Waals surface area contributed by atoms with Gasteiger partial charge in [-0.1, -0.05) is 62.7 Å². The van der Waals surface area contributed by atoms with E-state index >= 15 is 0 Å². The highest BCUT2D eigenvalue weighted by Gasteiger charge is 2.32. The number of nitrogens with zero attached hydrogens (tertiary/aromatic N) is 2. The summed E-state index contributed by atoms with van der Waals surface area (Å²) < 4.78 is 31.8. The lowest BCUT2D eigenvalue weighted by molar-refractivity contribution is -0.140. The molecule has 0 bridgehead atoms. The van der Waals surface area contributed by atoms with E-state index < -0.39 is 28.5 Å². The van der Waals surface area contributed by atoms with Crippen molar-refractivity contribution in [2.45, 2.75) is 46.7 Å². The Hall–Kier alpha value is -3.07. The fraction of sp³-hybridized carbons (Fsp3) is 0.462. The van der Waals surface area contributed by atoms with Crippen molar-refractivity contribution < 1.29 is 22.7 Å². The van der Waals surface area contributed by atoms with Crippen molar-refractivity contribution in [3.8, 4) is 5.75 Å². The van der Waals surface area contributed by atoms with Gasteiger partial charge in [-0.15, -0.1) is 0 Å². The van der Waals surface area contributed by atoms with Gasteiger partial charge in [0, 0.05) is 13.1 Å². The summed E-state index contributed by atoms with van der Waals surface area (Å²) in [7, 11) is -2.39. The van der Waals surface area contributed by atoms with Crippen LogP contribution in [0.1, 0.15) is 38.3 Å². The molecule has 0 aliphatic carbocycles. The lowest BCUT2D eigenvalue weighted by Gasteiger charge is -2.33. The van der Waals surface area contributed by atoms with Gasteiger partial charge in [-0.3, -0.25) is 13.9 Å². The molecule has 0 fully saturated rings. The molecule has 0 heterocycles. The van der Waals surface area contributed by atoms with E-state index in [0.29, 0.717) is 18.7 Å². The van der Waals surface area contributed by atoms with E-state index in [1.807, 2.05) is 52.0 Å². The molecule has 2 aromatic rings. The lowest BCUT2D eigenvalue weighted by Crippen LogP contribution is -2.52. The molecule has 0 aliphatic rings. The summed E-state index contributed by atoms with van der Waals surface area (Å²) in [6, 6.07) is 13.6. The number of carbonyl (C=O) groups is 2. The van der Waals surface area contributed by atoms with Gasteiger partial charge in [0.15, 0.2) is 0 Å². The summed E-state index contributed by atoms with van der Waals surface area (Å²) >= 11 is 0. The molecular weight excluding hydrogens is 466 g/mol. The average molecular weight is 504 g/mol. The first kappa shape index (κ1) is 28.2. The van der Waals surface area contributed by atoms with Crippen molar-refractivity contribution in [2.75, 3.05) is 30.8 Å². The van der Waals surface area contributed by atoms with Crippen molar-refractivity contribution >= 4 is 27.5 Å². The molecule has 2 aromatic carbocycles. The predicted molar refractivity (Wildman–Crippen MR) is 139 cm³/mol. The van der Waals surface area contributed by atoms with Gasteiger partial charge in [0.2, 0.25) is 21.8 Å². The van der Waals surface area contributed by atoms with Crippen LogP contribution in [0, 0.1) is 12.8 Å². The van der Waals surface area contributed by atoms with Crippen LogP contribution in [0.4, 0.5) is 5.69 Å². The summed E-state index contributed by atoms with van der Waals surface area (Å²) in [6.45, 7) is 8.00. The SMILES string of the molecule is CCC(C(=O)NCC(C)C)N(Cc1ccc(C)cc1)C(=O)CN(c1ccccc1OC)S(C)(=O)=O. The third kappa shape index (κ3) is 7.99. The zero-order valence-corrected chi connectivity index (χ0v) is 22.3. The van der Waals surface area contributed by atoms with E-state index in [1.54, 1.807) is 24.3 Å². The Kier molecular flexibility index (Phi) is 10.1. The molecule has 0 aromatic heterocycles. The van der Waals surface area contributed by atoms with Crippen molar-refractivity contribution in [3.05, 3.63) is 59.7 Å². The molecule has 192 valence electrons. The zero-order valence-electron chi connectivity index (χ0n) is 21.4. The summed E-state index contributed by atoms with van der Waals surface area (Å²) in [4.78, 5) is 28.2. The maximum Gasteiger partial charge on any atom is 0.244 e. The highest BCUT2D eigenvalue weighted by atomic mass is 32.2. The van der Waals surface area contributed by atoms with Gasteiger partial charge < -0.3 is 15.0 Å². The number of aryl methyl sites for hydroxylation is 1. The second-order valence-electron chi connectivity index (χ2n) is 9.01. The maximum atomic E-state index is 13.7. The Morgan fingerprint density at radius 2 is 1.69 bits per heavy atom. The zero-order chi connectivity index (χ0) is 26.2. The van der Waals surface area contributed by atoms with E-state index in [-0.39, 0.29) is 24.1 Å².